The summed E-state index contributed by atoms with van der Waals surface area (Å²) in [6, 6.07) is 16.9. The Kier molecular flexibility index (Phi) is 6.09. The van der Waals surface area contributed by atoms with Crippen LogP contribution in [0.2, 0.25) is 0 Å². The molecule has 4 heterocycles. The minimum atomic E-state index is -5.62. The monoisotopic (exact) mass is 612 g/mol. The molecule has 1 fully saturated rings. The summed E-state index contributed by atoms with van der Waals surface area (Å²) in [7, 11) is -5.62. The van der Waals surface area contributed by atoms with E-state index in [0.29, 0.717) is 17.1 Å². The Balaban J connectivity index is 1.23. The number of carbonyl (C=O) groups is 2. The number of nitrogens with one attached hydrogen (secondary N) is 2. The summed E-state index contributed by atoms with van der Waals surface area (Å²) in [5.41, 5.74) is -2.13. The molecular formula is C29H23F3N4O6S. The van der Waals surface area contributed by atoms with Crippen LogP contribution in [0.5, 0.6) is 11.5 Å². The first-order valence-electron chi connectivity index (χ1n) is 13.3. The van der Waals surface area contributed by atoms with Crippen LogP contribution in [-0.4, -0.2) is 59.9 Å². The molecule has 0 spiro atoms. The number of alkyl halides is 3. The lowest BCUT2D eigenvalue weighted by Crippen LogP contribution is -2.62. The van der Waals surface area contributed by atoms with Gasteiger partial charge in [-0.1, -0.05) is 36.4 Å². The number of benzene rings is 3. The van der Waals surface area contributed by atoms with Crippen LogP contribution in [0.4, 0.5) is 18.9 Å². The van der Waals surface area contributed by atoms with E-state index in [4.69, 9.17) is 9.47 Å². The number of aromatic nitrogens is 1. The van der Waals surface area contributed by atoms with Gasteiger partial charge in [0.25, 0.3) is 0 Å². The quantitative estimate of drug-likeness (QED) is 0.351. The van der Waals surface area contributed by atoms with E-state index < -0.39 is 27.6 Å². The van der Waals surface area contributed by atoms with Crippen LogP contribution in [0.15, 0.2) is 66.7 Å². The average molecular weight is 613 g/mol. The minimum absolute atomic E-state index is 0.0820. The Bertz CT molecular complexity index is 1910. The molecule has 0 unspecified atom stereocenters. The van der Waals surface area contributed by atoms with Gasteiger partial charge in [0.15, 0.2) is 11.5 Å². The zero-order chi connectivity index (χ0) is 30.1. The number of hydrogen-bond donors (Lipinski definition) is 2. The second kappa shape index (κ2) is 9.66. The molecular weight excluding hydrogens is 589 g/mol. The summed E-state index contributed by atoms with van der Waals surface area (Å²) >= 11 is 0. The van der Waals surface area contributed by atoms with Crippen molar-refractivity contribution in [2.24, 2.45) is 0 Å². The highest BCUT2D eigenvalue weighted by Crippen LogP contribution is 2.45. The molecule has 0 aliphatic carbocycles. The highest BCUT2D eigenvalue weighted by atomic mass is 32.2. The Hall–Kier alpha value is -4.72. The fraction of sp³-hybridized carbons (Fsp3) is 0.241. The summed E-state index contributed by atoms with van der Waals surface area (Å²) in [6.07, 6.45) is 0.257. The van der Waals surface area contributed by atoms with Crippen LogP contribution in [0, 0.1) is 0 Å². The predicted octanol–water partition coefficient (Wildman–Crippen LogP) is 4.04. The molecule has 222 valence electrons. The molecule has 7 rings (SSSR count). The number of ether oxygens (including phenoxy) is 2. The number of piperazine rings is 1. The number of anilines is 1. The zero-order valence-corrected chi connectivity index (χ0v) is 23.0. The van der Waals surface area contributed by atoms with Gasteiger partial charge >= 0.3 is 15.5 Å². The maximum absolute atomic E-state index is 14.0. The van der Waals surface area contributed by atoms with Gasteiger partial charge in [-0.3, -0.25) is 14.3 Å². The number of nitrogens with zero attached hydrogens (tertiary/aromatic N) is 2. The second-order valence-electron chi connectivity index (χ2n) is 10.5. The number of H-pyrrole nitrogens is 1. The molecule has 0 radical (unpaired) electrons. The maximum atomic E-state index is 14.0. The van der Waals surface area contributed by atoms with E-state index in [1.807, 2.05) is 36.4 Å². The van der Waals surface area contributed by atoms with Crippen molar-refractivity contribution in [2.75, 3.05) is 18.1 Å². The maximum Gasteiger partial charge on any atom is 0.516 e. The van der Waals surface area contributed by atoms with Gasteiger partial charge in [0.2, 0.25) is 18.6 Å². The summed E-state index contributed by atoms with van der Waals surface area (Å²) in [5.74, 6) is 0.476. The molecule has 2 N–H and O–H groups in total. The number of fused-ring (bicyclic) bond motifs is 5. The number of amides is 2. The molecule has 10 nitrogen and oxygen atoms in total. The van der Waals surface area contributed by atoms with Crippen molar-refractivity contribution < 1.29 is 40.7 Å². The van der Waals surface area contributed by atoms with Crippen molar-refractivity contribution >= 4 is 38.4 Å². The van der Waals surface area contributed by atoms with Crippen molar-refractivity contribution in [3.05, 3.63) is 89.1 Å². The lowest BCUT2D eigenvalue weighted by Gasteiger charge is -2.47. The number of carbonyl (C=O) groups excluding carboxylic acids is 2. The highest BCUT2D eigenvalue weighted by Gasteiger charge is 2.49. The van der Waals surface area contributed by atoms with Gasteiger partial charge in [0.1, 0.15) is 12.6 Å². The minimum Gasteiger partial charge on any atom is -0.454 e. The van der Waals surface area contributed by atoms with Gasteiger partial charge < -0.3 is 24.3 Å². The van der Waals surface area contributed by atoms with Gasteiger partial charge in [0.05, 0.1) is 6.04 Å². The van der Waals surface area contributed by atoms with Crippen molar-refractivity contribution in [1.82, 2.24) is 14.8 Å². The van der Waals surface area contributed by atoms with Crippen molar-refractivity contribution in [3.8, 4) is 11.5 Å². The fourth-order valence-corrected chi connectivity index (χ4v) is 6.61. The Labute approximate surface area is 243 Å². The van der Waals surface area contributed by atoms with Gasteiger partial charge in [-0.15, -0.1) is 0 Å². The number of hydrogen-bond acceptors (Lipinski definition) is 6. The molecule has 4 aromatic rings. The molecule has 1 aromatic heterocycles. The fourth-order valence-electron chi connectivity index (χ4n) is 6.05. The number of para-hydroxylation sites is 1. The molecule has 0 bridgehead atoms. The van der Waals surface area contributed by atoms with E-state index in [-0.39, 0.29) is 43.8 Å². The standard InChI is InChI=1S/C29H23F3N4O6S/c30-29(31,32)43(39,40)34-18-5-3-4-16(10-18)13-35-14-25(37)36-22(28(35)38)12-20-19-6-1-2-7-21(19)33-26(20)27(36)17-8-9-23-24(11-17)42-15-41-23/h1-11,22,27,33-34H,12-15H2/t22-,27-/m1/s1. The average Bonchev–Trinajstić information content (AvgIpc) is 3.58. The Morgan fingerprint density at radius 1 is 0.977 bits per heavy atom. The van der Waals surface area contributed by atoms with E-state index in [1.165, 1.54) is 27.8 Å². The molecule has 2 amide bonds. The van der Waals surface area contributed by atoms with E-state index in [9.17, 15) is 31.2 Å². The number of sulfonamides is 1. The summed E-state index contributed by atoms with van der Waals surface area (Å²) < 4.78 is 74.4. The molecule has 3 aliphatic heterocycles. The third-order valence-corrected chi connectivity index (χ3v) is 9.03. The lowest BCUT2D eigenvalue weighted by molar-refractivity contribution is -0.159. The first-order valence-corrected chi connectivity index (χ1v) is 14.8. The lowest BCUT2D eigenvalue weighted by atomic mass is 9.86. The second-order valence-corrected chi connectivity index (χ2v) is 12.2. The number of aromatic amines is 1. The molecule has 3 aliphatic rings. The molecule has 3 aromatic carbocycles. The smallest absolute Gasteiger partial charge is 0.454 e. The van der Waals surface area contributed by atoms with E-state index in [0.717, 1.165) is 27.7 Å². The number of halogens is 3. The summed E-state index contributed by atoms with van der Waals surface area (Å²) in [6.45, 7) is -0.297. The normalized spacial score (nSPS) is 19.9. The molecule has 43 heavy (non-hydrogen) atoms. The van der Waals surface area contributed by atoms with E-state index in [1.54, 1.807) is 17.0 Å². The molecule has 1 saturated heterocycles. The van der Waals surface area contributed by atoms with Crippen LogP contribution >= 0.6 is 0 Å². The van der Waals surface area contributed by atoms with Crippen LogP contribution in [0.25, 0.3) is 10.9 Å². The SMILES string of the molecule is O=C1[C@H]2Cc3c([nH]c4ccccc34)[C@@H](c3ccc4c(c3)OCO4)N2C(=O)CN1Cc1cccc(NS(=O)(=O)C(F)(F)F)c1. The Morgan fingerprint density at radius 3 is 2.58 bits per heavy atom. The summed E-state index contributed by atoms with van der Waals surface area (Å²) in [4.78, 5) is 34.2. The van der Waals surface area contributed by atoms with Gasteiger partial charge in [-0.05, 0) is 47.0 Å². The van der Waals surface area contributed by atoms with Crippen molar-refractivity contribution in [1.29, 1.82) is 0 Å². The summed E-state index contributed by atoms with van der Waals surface area (Å²) in [5, 5.41) is 0.935. The molecule has 0 saturated carbocycles. The topological polar surface area (TPSA) is 121 Å². The van der Waals surface area contributed by atoms with Gasteiger partial charge in [-0.25, -0.2) is 0 Å². The van der Waals surface area contributed by atoms with E-state index >= 15 is 0 Å². The first kappa shape index (κ1) is 27.1. The van der Waals surface area contributed by atoms with Crippen LogP contribution in [-0.2, 0) is 32.6 Å². The number of rotatable bonds is 5. The Morgan fingerprint density at radius 2 is 1.77 bits per heavy atom. The van der Waals surface area contributed by atoms with E-state index in [2.05, 4.69) is 4.98 Å². The van der Waals surface area contributed by atoms with Crippen molar-refractivity contribution in [3.63, 3.8) is 0 Å². The van der Waals surface area contributed by atoms with Crippen molar-refractivity contribution in [2.45, 2.75) is 30.6 Å². The highest BCUT2D eigenvalue weighted by molar-refractivity contribution is 7.93. The third kappa shape index (κ3) is 4.52. The molecule has 14 heteroatoms. The first-order chi connectivity index (χ1) is 20.5. The predicted molar refractivity (Wildman–Crippen MR) is 148 cm³/mol. The van der Waals surface area contributed by atoms with Crippen LogP contribution in [0.3, 0.4) is 0 Å². The van der Waals surface area contributed by atoms with Crippen LogP contribution in [0.1, 0.15) is 28.4 Å². The van der Waals surface area contributed by atoms with Gasteiger partial charge in [-0.2, -0.15) is 21.6 Å². The van der Waals surface area contributed by atoms with Crippen LogP contribution < -0.4 is 14.2 Å². The molecule has 2 atom stereocenters. The zero-order valence-electron chi connectivity index (χ0n) is 22.2. The largest absolute Gasteiger partial charge is 0.516 e. The van der Waals surface area contributed by atoms with Gasteiger partial charge in [0, 0.05) is 35.2 Å². The third-order valence-electron chi connectivity index (χ3n) is 7.91.